The number of nitrogens with zero attached hydrogens (tertiary/aromatic N) is 1. The van der Waals surface area contributed by atoms with E-state index < -0.39 is 0 Å². The molecule has 0 aliphatic carbocycles. The Kier molecular flexibility index (Phi) is 4.91. The zero-order chi connectivity index (χ0) is 9.68. The minimum atomic E-state index is 0.497. The molecule has 1 atom stereocenters. The Labute approximate surface area is 92.1 Å². The zero-order valence-corrected chi connectivity index (χ0v) is 10.1. The summed E-state index contributed by atoms with van der Waals surface area (Å²) in [6.45, 7) is 2.17. The molecule has 5 heteroatoms. The molecule has 1 heterocycles. The summed E-state index contributed by atoms with van der Waals surface area (Å²) >= 11 is 9.12. The zero-order valence-electron chi connectivity index (χ0n) is 7.71. The van der Waals surface area contributed by atoms with Crippen molar-refractivity contribution in [3.63, 3.8) is 0 Å². The van der Waals surface area contributed by atoms with Crippen LogP contribution in [0, 0.1) is 0 Å². The molecule has 0 radical (unpaired) electrons. The molecule has 1 rings (SSSR count). The molecule has 1 aromatic heterocycles. The quantitative estimate of drug-likeness (QED) is 0.849. The maximum Gasteiger partial charge on any atom is 0.184 e. The van der Waals surface area contributed by atoms with Crippen LogP contribution < -0.4 is 5.32 Å². The van der Waals surface area contributed by atoms with Gasteiger partial charge in [0.25, 0.3) is 0 Å². The van der Waals surface area contributed by atoms with Crippen LogP contribution in [0.3, 0.4) is 0 Å². The fourth-order valence-electron chi connectivity index (χ4n) is 0.958. The summed E-state index contributed by atoms with van der Waals surface area (Å²) in [7, 11) is 0. The van der Waals surface area contributed by atoms with E-state index in [-0.39, 0.29) is 0 Å². The van der Waals surface area contributed by atoms with E-state index >= 15 is 0 Å². The van der Waals surface area contributed by atoms with Crippen LogP contribution in [0.2, 0.25) is 5.15 Å². The first kappa shape index (κ1) is 11.1. The van der Waals surface area contributed by atoms with E-state index in [0.717, 1.165) is 17.3 Å². The van der Waals surface area contributed by atoms with Crippen molar-refractivity contribution in [1.82, 2.24) is 4.98 Å². The smallest absolute Gasteiger partial charge is 0.184 e. The van der Waals surface area contributed by atoms with Crippen LogP contribution in [0.25, 0.3) is 0 Å². The van der Waals surface area contributed by atoms with Gasteiger partial charge < -0.3 is 5.32 Å². The number of aromatic nitrogens is 1. The number of thioether (sulfide) groups is 1. The topological polar surface area (TPSA) is 24.9 Å². The van der Waals surface area contributed by atoms with Crippen LogP contribution in [0.1, 0.15) is 13.3 Å². The highest BCUT2D eigenvalue weighted by Crippen LogP contribution is 2.20. The van der Waals surface area contributed by atoms with Crippen LogP contribution in [-0.2, 0) is 0 Å². The summed E-state index contributed by atoms with van der Waals surface area (Å²) in [5.74, 6) is 1.10. The molecule has 1 N–H and O–H groups in total. The monoisotopic (exact) mass is 236 g/mol. The molecule has 74 valence electrons. The van der Waals surface area contributed by atoms with E-state index in [2.05, 4.69) is 23.5 Å². The third-order valence-electron chi connectivity index (χ3n) is 1.66. The van der Waals surface area contributed by atoms with Crippen LogP contribution >= 0.6 is 34.7 Å². The molecule has 0 amide bonds. The molecule has 0 aliphatic rings. The molecule has 0 bridgehead atoms. The third kappa shape index (κ3) is 3.75. The minimum absolute atomic E-state index is 0.497. The van der Waals surface area contributed by atoms with Gasteiger partial charge in [-0.05, 0) is 12.7 Å². The van der Waals surface area contributed by atoms with Gasteiger partial charge >= 0.3 is 0 Å². The Balaban J connectivity index is 2.46. The van der Waals surface area contributed by atoms with Gasteiger partial charge in [-0.25, -0.2) is 4.98 Å². The fraction of sp³-hybridized carbons (Fsp3) is 0.625. The van der Waals surface area contributed by atoms with Crippen molar-refractivity contribution in [2.45, 2.75) is 19.4 Å². The average Bonchev–Trinajstić information content (AvgIpc) is 2.50. The second-order valence-electron chi connectivity index (χ2n) is 2.68. The van der Waals surface area contributed by atoms with Crippen LogP contribution in [-0.4, -0.2) is 23.0 Å². The number of hydrogen-bond acceptors (Lipinski definition) is 4. The van der Waals surface area contributed by atoms with E-state index in [1.807, 2.05) is 17.1 Å². The lowest BCUT2D eigenvalue weighted by Crippen LogP contribution is -2.20. The van der Waals surface area contributed by atoms with Gasteiger partial charge in [-0.3, -0.25) is 0 Å². The minimum Gasteiger partial charge on any atom is -0.358 e. The number of halogens is 1. The normalized spacial score (nSPS) is 12.8. The first-order valence-electron chi connectivity index (χ1n) is 4.12. The molecule has 0 aromatic carbocycles. The van der Waals surface area contributed by atoms with Gasteiger partial charge in [-0.1, -0.05) is 18.5 Å². The SMILES string of the molecule is CCC(CSC)Nc1nc(Cl)cs1. The Hall–Kier alpha value is 0.0700. The fourth-order valence-corrected chi connectivity index (χ4v) is 2.59. The first-order valence-corrected chi connectivity index (χ1v) is 6.78. The standard InChI is InChI=1S/C8H13ClN2S2/c1-3-6(4-12-2)10-8-11-7(9)5-13-8/h5-6H,3-4H2,1-2H3,(H,10,11). The maximum atomic E-state index is 5.72. The molecule has 1 aromatic rings. The molecular formula is C8H13ClN2S2. The van der Waals surface area contributed by atoms with Gasteiger partial charge in [-0.15, -0.1) is 11.3 Å². The van der Waals surface area contributed by atoms with Gasteiger partial charge in [-0.2, -0.15) is 11.8 Å². The Morgan fingerprint density at radius 3 is 3.00 bits per heavy atom. The van der Waals surface area contributed by atoms with Crippen LogP contribution in [0.4, 0.5) is 5.13 Å². The predicted octanol–water partition coefficient (Wildman–Crippen LogP) is 3.35. The van der Waals surface area contributed by atoms with E-state index in [4.69, 9.17) is 11.6 Å². The number of anilines is 1. The van der Waals surface area contributed by atoms with Crippen LogP contribution in [0.15, 0.2) is 5.38 Å². The van der Waals surface area contributed by atoms with Crippen LogP contribution in [0.5, 0.6) is 0 Å². The van der Waals surface area contributed by atoms with E-state index in [9.17, 15) is 0 Å². The van der Waals surface area contributed by atoms with Crippen molar-refractivity contribution in [1.29, 1.82) is 0 Å². The number of nitrogens with one attached hydrogen (secondary N) is 1. The lowest BCUT2D eigenvalue weighted by atomic mass is 10.3. The molecular weight excluding hydrogens is 224 g/mol. The summed E-state index contributed by atoms with van der Waals surface area (Å²) in [6, 6.07) is 0.497. The molecule has 0 spiro atoms. The van der Waals surface area contributed by atoms with Gasteiger partial charge in [0.05, 0.1) is 0 Å². The van der Waals surface area contributed by atoms with E-state index in [0.29, 0.717) is 11.2 Å². The highest BCUT2D eigenvalue weighted by atomic mass is 35.5. The molecule has 2 nitrogen and oxygen atoms in total. The van der Waals surface area contributed by atoms with Gasteiger partial charge in [0.15, 0.2) is 5.13 Å². The Morgan fingerprint density at radius 1 is 1.77 bits per heavy atom. The number of hydrogen-bond donors (Lipinski definition) is 1. The summed E-state index contributed by atoms with van der Waals surface area (Å²) in [6.07, 6.45) is 3.22. The largest absolute Gasteiger partial charge is 0.358 e. The highest BCUT2D eigenvalue weighted by molar-refractivity contribution is 7.98. The van der Waals surface area contributed by atoms with E-state index in [1.165, 1.54) is 0 Å². The highest BCUT2D eigenvalue weighted by Gasteiger charge is 2.07. The predicted molar refractivity (Wildman–Crippen MR) is 63.2 cm³/mol. The summed E-state index contributed by atoms with van der Waals surface area (Å²) in [5, 5.41) is 6.69. The first-order chi connectivity index (χ1) is 6.26. The summed E-state index contributed by atoms with van der Waals surface area (Å²) < 4.78 is 0. The molecule has 0 saturated carbocycles. The molecule has 0 saturated heterocycles. The number of thiazole rings is 1. The molecule has 1 unspecified atom stereocenters. The van der Waals surface area contributed by atoms with Gasteiger partial charge in [0.2, 0.25) is 0 Å². The second-order valence-corrected chi connectivity index (χ2v) is 4.84. The van der Waals surface area contributed by atoms with Crippen molar-refractivity contribution < 1.29 is 0 Å². The third-order valence-corrected chi connectivity index (χ3v) is 3.50. The van der Waals surface area contributed by atoms with Crippen molar-refractivity contribution >= 4 is 39.8 Å². The van der Waals surface area contributed by atoms with Gasteiger partial charge in [0.1, 0.15) is 5.15 Å². The molecule has 13 heavy (non-hydrogen) atoms. The summed E-state index contributed by atoms with van der Waals surface area (Å²) in [5.41, 5.74) is 0. The lowest BCUT2D eigenvalue weighted by Gasteiger charge is -2.14. The van der Waals surface area contributed by atoms with Crippen molar-refractivity contribution in [3.05, 3.63) is 10.5 Å². The van der Waals surface area contributed by atoms with Gasteiger partial charge in [0, 0.05) is 17.2 Å². The summed E-state index contributed by atoms with van der Waals surface area (Å²) in [4.78, 5) is 4.14. The lowest BCUT2D eigenvalue weighted by molar-refractivity contribution is 0.773. The van der Waals surface area contributed by atoms with Crippen molar-refractivity contribution in [2.75, 3.05) is 17.3 Å². The molecule has 0 aliphatic heterocycles. The van der Waals surface area contributed by atoms with Crippen molar-refractivity contribution in [2.24, 2.45) is 0 Å². The van der Waals surface area contributed by atoms with Crippen molar-refractivity contribution in [3.8, 4) is 0 Å². The van der Waals surface area contributed by atoms with E-state index in [1.54, 1.807) is 11.3 Å². The second kappa shape index (κ2) is 5.73. The maximum absolute atomic E-state index is 5.72. The Morgan fingerprint density at radius 2 is 2.54 bits per heavy atom. The average molecular weight is 237 g/mol. The molecule has 0 fully saturated rings. The Bertz CT molecular complexity index is 252. The number of rotatable bonds is 5.